The Labute approximate surface area is 156 Å². The molecule has 3 rings (SSSR count). The highest BCUT2D eigenvalue weighted by Gasteiger charge is 2.07. The molecule has 0 aliphatic heterocycles. The molecule has 0 saturated carbocycles. The summed E-state index contributed by atoms with van der Waals surface area (Å²) >= 11 is 7.90. The number of phenols is 1. The Hall–Kier alpha value is -2.14. The molecular weight excluding hydrogens is 354 g/mol. The zero-order chi connectivity index (χ0) is 17.6. The van der Waals surface area contributed by atoms with Gasteiger partial charge in [-0.05, 0) is 42.0 Å². The van der Waals surface area contributed by atoms with Crippen molar-refractivity contribution in [2.24, 2.45) is 0 Å². The van der Waals surface area contributed by atoms with E-state index >= 15 is 0 Å². The Morgan fingerprint density at radius 1 is 0.880 bits per heavy atom. The van der Waals surface area contributed by atoms with Gasteiger partial charge in [-0.15, -0.1) is 0 Å². The average molecular weight is 372 g/mol. The van der Waals surface area contributed by atoms with Crippen LogP contribution in [0.2, 0.25) is 5.02 Å². The molecule has 25 heavy (non-hydrogen) atoms. The van der Waals surface area contributed by atoms with E-state index in [0.717, 1.165) is 26.1 Å². The Morgan fingerprint density at radius 3 is 2.36 bits per heavy atom. The van der Waals surface area contributed by atoms with Crippen molar-refractivity contribution in [1.29, 1.82) is 0 Å². The van der Waals surface area contributed by atoms with E-state index < -0.39 is 0 Å². The predicted octanol–water partition coefficient (Wildman–Crippen LogP) is 5.30. The number of aromatic hydroxyl groups is 1. The maximum absolute atomic E-state index is 9.65. The summed E-state index contributed by atoms with van der Waals surface area (Å²) in [7, 11) is 0. The van der Waals surface area contributed by atoms with Crippen LogP contribution in [0.15, 0.2) is 76.5 Å². The molecule has 0 atom stereocenters. The van der Waals surface area contributed by atoms with Crippen molar-refractivity contribution in [3.63, 3.8) is 0 Å². The van der Waals surface area contributed by atoms with Crippen molar-refractivity contribution in [3.05, 3.63) is 82.9 Å². The molecular formula is C20H18ClNO2S. The van der Waals surface area contributed by atoms with Gasteiger partial charge in [0.2, 0.25) is 0 Å². The van der Waals surface area contributed by atoms with Crippen LogP contribution in [0.1, 0.15) is 11.1 Å². The van der Waals surface area contributed by atoms with Crippen molar-refractivity contribution in [2.45, 2.75) is 22.9 Å². The topological polar surface area (TPSA) is 52.5 Å². The Balaban J connectivity index is 1.76. The van der Waals surface area contributed by atoms with Crippen molar-refractivity contribution < 1.29 is 10.2 Å². The first-order chi connectivity index (χ1) is 12.2. The SMILES string of the molecule is OCc1cc(NCc2ccccc2Sc2ccccc2Cl)ccc1O. The van der Waals surface area contributed by atoms with Gasteiger partial charge in [-0.25, -0.2) is 0 Å². The summed E-state index contributed by atoms with van der Waals surface area (Å²) in [6, 6.07) is 21.1. The fourth-order valence-electron chi connectivity index (χ4n) is 2.41. The van der Waals surface area contributed by atoms with Crippen molar-refractivity contribution in [1.82, 2.24) is 0 Å². The molecule has 0 radical (unpaired) electrons. The molecule has 3 aromatic carbocycles. The fraction of sp³-hybridized carbons (Fsp3) is 0.100. The number of nitrogens with one attached hydrogen (secondary N) is 1. The highest BCUT2D eigenvalue weighted by Crippen LogP contribution is 2.35. The standard InChI is InChI=1S/C20H18ClNO2S/c21-17-6-2-4-8-20(17)25-19-7-3-1-5-14(19)12-22-16-9-10-18(24)15(11-16)13-23/h1-11,22-24H,12-13H2. The molecule has 0 bridgehead atoms. The van der Waals surface area contributed by atoms with Crippen molar-refractivity contribution in [2.75, 3.05) is 5.32 Å². The first-order valence-electron chi connectivity index (χ1n) is 7.84. The number of hydrogen-bond acceptors (Lipinski definition) is 4. The van der Waals surface area contributed by atoms with E-state index in [-0.39, 0.29) is 12.4 Å². The summed E-state index contributed by atoms with van der Waals surface area (Å²) in [5.74, 6) is 0.0997. The van der Waals surface area contributed by atoms with Crippen molar-refractivity contribution in [3.8, 4) is 5.75 Å². The average Bonchev–Trinajstić information content (AvgIpc) is 2.64. The molecule has 0 amide bonds. The fourth-order valence-corrected chi connectivity index (χ4v) is 3.63. The zero-order valence-electron chi connectivity index (χ0n) is 13.4. The molecule has 0 unspecified atom stereocenters. The lowest BCUT2D eigenvalue weighted by molar-refractivity contribution is 0.275. The number of aliphatic hydroxyl groups is 1. The van der Waals surface area contributed by atoms with Crippen molar-refractivity contribution >= 4 is 29.1 Å². The summed E-state index contributed by atoms with van der Waals surface area (Å²) in [6.07, 6.45) is 0. The Morgan fingerprint density at radius 2 is 1.60 bits per heavy atom. The lowest BCUT2D eigenvalue weighted by atomic mass is 10.1. The largest absolute Gasteiger partial charge is 0.508 e. The van der Waals surface area contributed by atoms with E-state index in [1.54, 1.807) is 30.0 Å². The molecule has 0 aliphatic rings. The van der Waals surface area contributed by atoms with Gasteiger partial charge in [0, 0.05) is 27.6 Å². The minimum absolute atomic E-state index is 0.0997. The molecule has 3 aromatic rings. The minimum Gasteiger partial charge on any atom is -0.508 e. The van der Waals surface area contributed by atoms with Gasteiger partial charge in [-0.2, -0.15) is 0 Å². The molecule has 3 nitrogen and oxygen atoms in total. The first kappa shape index (κ1) is 17.7. The Kier molecular flexibility index (Phi) is 5.87. The van der Waals surface area contributed by atoms with Gasteiger partial charge in [-0.3, -0.25) is 0 Å². The van der Waals surface area contributed by atoms with Crippen LogP contribution < -0.4 is 5.32 Å². The van der Waals surface area contributed by atoms with Crippen LogP contribution in [0.5, 0.6) is 5.75 Å². The molecule has 0 heterocycles. The molecule has 3 N–H and O–H groups in total. The van der Waals surface area contributed by atoms with Crippen LogP contribution in [0.25, 0.3) is 0 Å². The predicted molar refractivity (Wildman–Crippen MR) is 103 cm³/mol. The number of aliphatic hydroxyl groups excluding tert-OH is 1. The summed E-state index contributed by atoms with van der Waals surface area (Å²) < 4.78 is 0. The van der Waals surface area contributed by atoms with Gasteiger partial charge < -0.3 is 15.5 Å². The van der Waals surface area contributed by atoms with Gasteiger partial charge in [-0.1, -0.05) is 53.7 Å². The number of benzene rings is 3. The first-order valence-corrected chi connectivity index (χ1v) is 9.03. The number of hydrogen-bond donors (Lipinski definition) is 3. The van der Waals surface area contributed by atoms with E-state index in [1.165, 1.54) is 0 Å². The summed E-state index contributed by atoms with van der Waals surface area (Å²) in [6.45, 7) is 0.434. The van der Waals surface area contributed by atoms with Gasteiger partial charge in [0.05, 0.1) is 11.6 Å². The van der Waals surface area contributed by atoms with E-state index in [1.807, 2.05) is 36.4 Å². The quantitative estimate of drug-likeness (QED) is 0.514. The molecule has 0 aromatic heterocycles. The molecule has 0 spiro atoms. The number of halogens is 1. The van der Waals surface area contributed by atoms with E-state index in [9.17, 15) is 10.2 Å². The highest BCUT2D eigenvalue weighted by atomic mass is 35.5. The smallest absolute Gasteiger partial charge is 0.121 e. The summed E-state index contributed by atoms with van der Waals surface area (Å²) in [4.78, 5) is 2.15. The lowest BCUT2D eigenvalue weighted by Gasteiger charge is -2.13. The summed E-state index contributed by atoms with van der Waals surface area (Å²) in [5, 5.41) is 23.0. The third-order valence-corrected chi connectivity index (χ3v) is 5.40. The molecule has 0 aliphatic carbocycles. The third kappa shape index (κ3) is 4.48. The van der Waals surface area contributed by atoms with Crippen LogP contribution in [-0.2, 0) is 13.2 Å². The number of anilines is 1. The second-order valence-corrected chi connectivity index (χ2v) is 6.99. The van der Waals surface area contributed by atoms with Gasteiger partial charge >= 0.3 is 0 Å². The van der Waals surface area contributed by atoms with Gasteiger partial charge in [0.1, 0.15) is 5.75 Å². The van der Waals surface area contributed by atoms with E-state index in [2.05, 4.69) is 17.4 Å². The van der Waals surface area contributed by atoms with E-state index in [0.29, 0.717) is 12.1 Å². The maximum Gasteiger partial charge on any atom is 0.121 e. The highest BCUT2D eigenvalue weighted by molar-refractivity contribution is 7.99. The lowest BCUT2D eigenvalue weighted by Crippen LogP contribution is -2.01. The van der Waals surface area contributed by atoms with Crippen LogP contribution in [0.4, 0.5) is 5.69 Å². The van der Waals surface area contributed by atoms with Gasteiger partial charge in [0.15, 0.2) is 0 Å². The van der Waals surface area contributed by atoms with Gasteiger partial charge in [0.25, 0.3) is 0 Å². The molecule has 128 valence electrons. The Bertz CT molecular complexity index is 870. The monoisotopic (exact) mass is 371 g/mol. The van der Waals surface area contributed by atoms with Crippen LogP contribution in [-0.4, -0.2) is 10.2 Å². The second-order valence-electron chi connectivity index (χ2n) is 5.50. The molecule has 0 saturated heterocycles. The normalized spacial score (nSPS) is 10.6. The third-order valence-electron chi connectivity index (χ3n) is 3.76. The maximum atomic E-state index is 9.65. The van der Waals surface area contributed by atoms with Crippen LogP contribution in [0.3, 0.4) is 0 Å². The van der Waals surface area contributed by atoms with E-state index in [4.69, 9.17) is 11.6 Å². The minimum atomic E-state index is -0.194. The second kappa shape index (κ2) is 8.30. The molecule has 5 heteroatoms. The zero-order valence-corrected chi connectivity index (χ0v) is 15.0. The van der Waals surface area contributed by atoms with Crippen LogP contribution in [0, 0.1) is 0 Å². The number of rotatable bonds is 6. The molecule has 0 fully saturated rings. The van der Waals surface area contributed by atoms with Crippen LogP contribution >= 0.6 is 23.4 Å². The summed E-state index contributed by atoms with van der Waals surface area (Å²) in [5.41, 5.74) is 2.49.